The first-order valence-electron chi connectivity index (χ1n) is 16.5. The van der Waals surface area contributed by atoms with E-state index >= 15 is 0 Å². The highest BCUT2D eigenvalue weighted by molar-refractivity contribution is 7.88. The molecule has 0 spiro atoms. The molecule has 0 heterocycles. The van der Waals surface area contributed by atoms with E-state index in [-0.39, 0.29) is 34.1 Å². The highest BCUT2D eigenvalue weighted by Crippen LogP contribution is 2.64. The number of carbonyl (C=O) groups is 1. The van der Waals surface area contributed by atoms with Gasteiger partial charge in [0.25, 0.3) is 0 Å². The normalized spacial score (nSPS) is 25.0. The molecular formula is C33H47F6O9S2-. The van der Waals surface area contributed by atoms with Crippen molar-refractivity contribution >= 4 is 26.2 Å². The van der Waals surface area contributed by atoms with Gasteiger partial charge < -0.3 is 14.0 Å². The van der Waals surface area contributed by atoms with E-state index < -0.39 is 43.5 Å². The van der Waals surface area contributed by atoms with Crippen molar-refractivity contribution in [2.24, 2.45) is 28.6 Å². The quantitative estimate of drug-likeness (QED) is 0.0604. The first-order chi connectivity index (χ1) is 22.6. The summed E-state index contributed by atoms with van der Waals surface area (Å²) >= 11 is 0. The van der Waals surface area contributed by atoms with Gasteiger partial charge in [-0.1, -0.05) is 32.9 Å². The molecule has 5 rings (SSSR count). The monoisotopic (exact) mass is 765 g/mol. The summed E-state index contributed by atoms with van der Waals surface area (Å²) in [5.74, 6) is -4.42. The number of esters is 1. The van der Waals surface area contributed by atoms with Crippen LogP contribution in [0, 0.1) is 28.6 Å². The van der Waals surface area contributed by atoms with Gasteiger partial charge in [-0.3, -0.25) is 4.79 Å². The van der Waals surface area contributed by atoms with Crippen LogP contribution in [0.1, 0.15) is 111 Å². The third-order valence-corrected chi connectivity index (χ3v) is 13.1. The number of ether oxygens (including phenoxy) is 2. The lowest BCUT2D eigenvalue weighted by Crippen LogP contribution is -2.60. The zero-order valence-electron chi connectivity index (χ0n) is 29.2. The Morgan fingerprint density at radius 3 is 1.72 bits per heavy atom. The Kier molecular flexibility index (Phi) is 12.2. The predicted molar refractivity (Wildman–Crippen MR) is 170 cm³/mol. The highest BCUT2D eigenvalue weighted by atomic mass is 32.2. The third kappa shape index (κ3) is 8.09. The van der Waals surface area contributed by atoms with Crippen LogP contribution in [0.5, 0.6) is 5.75 Å². The molecule has 50 heavy (non-hydrogen) atoms. The van der Waals surface area contributed by atoms with Gasteiger partial charge in [-0.05, 0) is 120 Å². The topological polar surface area (TPSA) is 136 Å². The Morgan fingerprint density at radius 2 is 1.32 bits per heavy atom. The number of alkyl halides is 6. The van der Waals surface area contributed by atoms with E-state index in [1.807, 2.05) is 27.7 Å². The number of halogens is 6. The van der Waals surface area contributed by atoms with E-state index in [0.717, 1.165) is 36.2 Å². The second kappa shape index (κ2) is 14.4. The zero-order valence-corrected chi connectivity index (χ0v) is 30.9. The summed E-state index contributed by atoms with van der Waals surface area (Å²) in [4.78, 5) is 12.6. The molecule has 0 saturated heterocycles. The molecule has 4 fully saturated rings. The lowest BCUT2D eigenvalue weighted by Gasteiger charge is -2.61. The Hall–Kier alpha value is -2.11. The number of carbonyl (C=O) groups excluding carboxylic acids is 1. The lowest BCUT2D eigenvalue weighted by atomic mass is 9.46. The minimum Gasteiger partial charge on any atom is -0.743 e. The average Bonchev–Trinajstić information content (AvgIpc) is 2.99. The van der Waals surface area contributed by atoms with E-state index in [0.29, 0.717) is 0 Å². The van der Waals surface area contributed by atoms with Crippen molar-refractivity contribution in [1.29, 1.82) is 0 Å². The third-order valence-electron chi connectivity index (χ3n) is 10.9. The van der Waals surface area contributed by atoms with Crippen molar-refractivity contribution < 1.29 is 66.2 Å². The van der Waals surface area contributed by atoms with Gasteiger partial charge in [0.05, 0.1) is 5.41 Å². The molecule has 1 atom stereocenters. The second-order valence-corrected chi connectivity index (χ2v) is 18.2. The van der Waals surface area contributed by atoms with Gasteiger partial charge in [0, 0.05) is 5.41 Å². The smallest absolute Gasteiger partial charge is 0.439 e. The molecule has 0 amide bonds. The lowest BCUT2D eigenvalue weighted by molar-refractivity contribution is -0.248. The van der Waals surface area contributed by atoms with Crippen molar-refractivity contribution in [3.05, 3.63) is 29.8 Å². The SMILES string of the molecule is CCC(C)(C)C(=O)OC(C)(C)C12CC3CC(CC(C3)C1)C2.CCC(C)c1ccc(OCOS(=O)(=O)C(F)(F)C(F)(F)C(F)(F)S(=O)(=O)[O-])cc1. The van der Waals surface area contributed by atoms with Crippen LogP contribution in [0.2, 0.25) is 0 Å². The van der Waals surface area contributed by atoms with Gasteiger partial charge in [-0.2, -0.15) is 34.8 Å². The maximum Gasteiger partial charge on any atom is 0.439 e. The zero-order chi connectivity index (χ0) is 38.4. The minimum atomic E-state index is -7.35. The van der Waals surface area contributed by atoms with Gasteiger partial charge in [0.2, 0.25) is 6.79 Å². The molecule has 288 valence electrons. The van der Waals surface area contributed by atoms with Crippen LogP contribution in [-0.2, 0) is 34.0 Å². The molecule has 0 N–H and O–H groups in total. The van der Waals surface area contributed by atoms with Crippen LogP contribution in [0.4, 0.5) is 26.3 Å². The molecule has 9 nitrogen and oxygen atoms in total. The van der Waals surface area contributed by atoms with Crippen LogP contribution < -0.4 is 4.74 Å². The van der Waals surface area contributed by atoms with Crippen LogP contribution in [0.3, 0.4) is 0 Å². The number of benzene rings is 1. The molecular weight excluding hydrogens is 718 g/mol. The van der Waals surface area contributed by atoms with Gasteiger partial charge in [-0.15, -0.1) is 0 Å². The molecule has 1 unspecified atom stereocenters. The molecule has 17 heteroatoms. The summed E-state index contributed by atoms with van der Waals surface area (Å²) in [5, 5.41) is -13.7. The molecule has 4 aliphatic carbocycles. The van der Waals surface area contributed by atoms with Gasteiger partial charge in [0.15, 0.2) is 10.1 Å². The molecule has 4 bridgehead atoms. The first kappa shape index (κ1) is 42.3. The van der Waals surface area contributed by atoms with Crippen LogP contribution >= 0.6 is 0 Å². The van der Waals surface area contributed by atoms with Crippen molar-refractivity contribution in [2.45, 2.75) is 128 Å². The van der Waals surface area contributed by atoms with E-state index in [9.17, 15) is 52.5 Å². The van der Waals surface area contributed by atoms with Crippen molar-refractivity contribution in [2.75, 3.05) is 6.79 Å². The summed E-state index contributed by atoms with van der Waals surface area (Å²) < 4.78 is 147. The molecule has 1 aromatic rings. The fourth-order valence-corrected chi connectivity index (χ4v) is 8.58. The number of rotatable bonds is 14. The van der Waals surface area contributed by atoms with E-state index in [1.54, 1.807) is 12.1 Å². The predicted octanol–water partition coefficient (Wildman–Crippen LogP) is 8.21. The van der Waals surface area contributed by atoms with Crippen molar-refractivity contribution in [3.63, 3.8) is 0 Å². The molecule has 1 aromatic carbocycles. The largest absolute Gasteiger partial charge is 0.743 e. The minimum absolute atomic E-state index is 0.00857. The van der Waals surface area contributed by atoms with Gasteiger partial charge in [-0.25, -0.2) is 12.6 Å². The summed E-state index contributed by atoms with van der Waals surface area (Å²) in [6.45, 7) is 12.6. The molecule has 0 radical (unpaired) electrons. The first-order valence-corrected chi connectivity index (χ1v) is 19.4. The number of hydrogen-bond donors (Lipinski definition) is 0. The van der Waals surface area contributed by atoms with Crippen molar-refractivity contribution in [3.8, 4) is 5.75 Å². The summed E-state index contributed by atoms with van der Waals surface area (Å²) in [6, 6.07) is 5.64. The van der Waals surface area contributed by atoms with E-state index in [2.05, 4.69) is 29.7 Å². The highest BCUT2D eigenvalue weighted by Gasteiger charge is 2.80. The second-order valence-electron chi connectivity index (χ2n) is 15.1. The van der Waals surface area contributed by atoms with Gasteiger partial charge >= 0.3 is 32.5 Å². The van der Waals surface area contributed by atoms with Crippen LogP contribution in [-0.4, -0.2) is 56.2 Å². The number of hydrogen-bond acceptors (Lipinski definition) is 9. The fraction of sp³-hybridized carbons (Fsp3) is 0.788. The maximum atomic E-state index is 13.5. The molecule has 0 aromatic heterocycles. The summed E-state index contributed by atoms with van der Waals surface area (Å²) in [5.41, 5.74) is 0.425. The summed E-state index contributed by atoms with van der Waals surface area (Å²) in [7, 11) is -14.2. The maximum absolute atomic E-state index is 13.5. The Bertz CT molecular complexity index is 1540. The fourth-order valence-electron chi connectivity index (χ4n) is 7.31. The Morgan fingerprint density at radius 1 is 0.860 bits per heavy atom. The van der Waals surface area contributed by atoms with Gasteiger partial charge in [0.1, 0.15) is 11.4 Å². The Labute approximate surface area is 290 Å². The summed E-state index contributed by atoms with van der Waals surface area (Å²) in [6.07, 6.45) is 9.78. The van der Waals surface area contributed by atoms with E-state index in [4.69, 9.17) is 4.74 Å². The van der Waals surface area contributed by atoms with Crippen molar-refractivity contribution in [1.82, 2.24) is 0 Å². The molecule has 4 saturated carbocycles. The van der Waals surface area contributed by atoms with Crippen LogP contribution in [0.15, 0.2) is 24.3 Å². The molecule has 0 aliphatic heterocycles. The van der Waals surface area contributed by atoms with Crippen LogP contribution in [0.25, 0.3) is 0 Å². The standard InChI is InChI=1S/C19H32O2.C14H16F6O7S2/c1-6-17(2,3)16(20)21-18(4,5)19-10-13-7-14(11-19)9-15(8-13)12-19;1-3-9(2)10-4-6-11(7-5-10)26-8-27-29(24,25)14(19,20)12(15,16)13(17,18)28(21,22)23/h13-15H,6-12H2,1-5H3;4-7,9H,3,8H2,1-2H3,(H,21,22,23)/p-1. The Balaban J connectivity index is 0.000000283. The average molecular weight is 766 g/mol. The van der Waals surface area contributed by atoms with E-state index in [1.165, 1.54) is 50.7 Å². The molecule has 4 aliphatic rings.